The topological polar surface area (TPSA) is 129 Å². The van der Waals surface area contributed by atoms with Gasteiger partial charge in [0.15, 0.2) is 0 Å². The maximum atomic E-state index is 14.6. The zero-order valence-corrected chi connectivity index (χ0v) is 16.5. The number of amides is 4. The number of aromatic nitrogens is 2. The molecule has 31 heavy (non-hydrogen) atoms. The fourth-order valence-electron chi connectivity index (χ4n) is 3.64. The van der Waals surface area contributed by atoms with Crippen LogP contribution in [0, 0.1) is 5.82 Å². The van der Waals surface area contributed by atoms with Crippen LogP contribution in [0.25, 0.3) is 10.8 Å². The van der Waals surface area contributed by atoms with Crippen molar-refractivity contribution in [1.29, 1.82) is 0 Å². The summed E-state index contributed by atoms with van der Waals surface area (Å²) < 4.78 is 14.6. The van der Waals surface area contributed by atoms with E-state index in [0.29, 0.717) is 26.9 Å². The van der Waals surface area contributed by atoms with Crippen molar-refractivity contribution in [3.63, 3.8) is 0 Å². The molecule has 1 fully saturated rings. The predicted molar refractivity (Wildman–Crippen MR) is 110 cm³/mol. The Morgan fingerprint density at radius 3 is 2.58 bits per heavy atom. The molecule has 4 amide bonds. The first-order valence-electron chi connectivity index (χ1n) is 9.45. The van der Waals surface area contributed by atoms with E-state index in [2.05, 4.69) is 10.2 Å². The van der Waals surface area contributed by atoms with Crippen LogP contribution >= 0.6 is 0 Å². The number of urea groups is 1. The van der Waals surface area contributed by atoms with Crippen molar-refractivity contribution >= 4 is 34.3 Å². The number of nitrogens with zero attached hydrogens (tertiary/aromatic N) is 3. The Labute approximate surface area is 175 Å². The van der Waals surface area contributed by atoms with Crippen LogP contribution in [0.3, 0.4) is 0 Å². The lowest BCUT2D eigenvalue weighted by atomic mass is 10.0. The number of nitrogens with one attached hydrogen (secondary N) is 1. The Hall–Kier alpha value is -4.08. The molecule has 1 aromatic heterocycles. The summed E-state index contributed by atoms with van der Waals surface area (Å²) in [5.74, 6) is -2.20. The number of rotatable bonds is 5. The Balaban J connectivity index is 1.71. The molecule has 0 spiro atoms. The van der Waals surface area contributed by atoms with Crippen molar-refractivity contribution in [2.75, 3.05) is 11.4 Å². The summed E-state index contributed by atoms with van der Waals surface area (Å²) in [5, 5.41) is 7.65. The zero-order chi connectivity index (χ0) is 22.3. The number of anilines is 1. The maximum absolute atomic E-state index is 14.6. The number of halogens is 1. The molecule has 3 N–H and O–H groups in total. The molecule has 9 nitrogen and oxygen atoms in total. The van der Waals surface area contributed by atoms with Crippen molar-refractivity contribution in [1.82, 2.24) is 15.1 Å². The largest absolute Gasteiger partial charge is 0.368 e. The number of aromatic amines is 1. The fraction of sp³-hybridized carbons (Fsp3) is 0.190. The summed E-state index contributed by atoms with van der Waals surface area (Å²) in [6, 6.07) is 9.22. The number of imide groups is 1. The van der Waals surface area contributed by atoms with E-state index < -0.39 is 36.2 Å². The van der Waals surface area contributed by atoms with E-state index in [1.54, 1.807) is 24.3 Å². The lowest BCUT2D eigenvalue weighted by Crippen LogP contribution is -2.40. The smallest absolute Gasteiger partial charge is 0.332 e. The van der Waals surface area contributed by atoms with Crippen LogP contribution in [0.15, 0.2) is 47.3 Å². The van der Waals surface area contributed by atoms with Gasteiger partial charge in [-0.15, -0.1) is 0 Å². The van der Waals surface area contributed by atoms with Gasteiger partial charge in [-0.2, -0.15) is 5.10 Å². The lowest BCUT2D eigenvalue weighted by Gasteiger charge is -2.18. The van der Waals surface area contributed by atoms with Crippen molar-refractivity contribution in [3.8, 4) is 0 Å². The second-order valence-corrected chi connectivity index (χ2v) is 7.23. The van der Waals surface area contributed by atoms with E-state index in [-0.39, 0.29) is 17.7 Å². The molecule has 0 saturated carbocycles. The second-order valence-electron chi connectivity index (χ2n) is 7.23. The molecule has 1 atom stereocenters. The third kappa shape index (κ3) is 3.52. The van der Waals surface area contributed by atoms with Crippen LogP contribution in [0.5, 0.6) is 0 Å². The molecular weight excluding hydrogens is 405 g/mol. The van der Waals surface area contributed by atoms with Gasteiger partial charge in [-0.05, 0) is 30.7 Å². The van der Waals surface area contributed by atoms with Gasteiger partial charge in [-0.3, -0.25) is 14.4 Å². The number of carbonyl (C=O) groups is 3. The van der Waals surface area contributed by atoms with Crippen molar-refractivity contribution in [2.24, 2.45) is 5.73 Å². The van der Waals surface area contributed by atoms with E-state index in [1.165, 1.54) is 19.1 Å². The normalized spacial score (nSPS) is 16.4. The molecule has 1 saturated heterocycles. The monoisotopic (exact) mass is 423 g/mol. The first-order chi connectivity index (χ1) is 14.8. The van der Waals surface area contributed by atoms with Gasteiger partial charge in [0.25, 0.3) is 11.5 Å². The fourth-order valence-corrected chi connectivity index (χ4v) is 3.64. The second kappa shape index (κ2) is 7.63. The summed E-state index contributed by atoms with van der Waals surface area (Å²) in [4.78, 5) is 50.3. The first kappa shape index (κ1) is 20.2. The number of primary amides is 1. The molecular formula is C21H18FN5O4. The van der Waals surface area contributed by atoms with Crippen LogP contribution in [-0.2, 0) is 16.0 Å². The van der Waals surface area contributed by atoms with Crippen LogP contribution in [-0.4, -0.2) is 45.5 Å². The maximum Gasteiger partial charge on any atom is 0.332 e. The number of hydrogen-bond acceptors (Lipinski definition) is 5. The van der Waals surface area contributed by atoms with Gasteiger partial charge in [0.2, 0.25) is 5.91 Å². The lowest BCUT2D eigenvalue weighted by molar-refractivity contribution is -0.121. The van der Waals surface area contributed by atoms with Crippen LogP contribution in [0.2, 0.25) is 0 Å². The molecule has 2 heterocycles. The summed E-state index contributed by atoms with van der Waals surface area (Å²) in [6.07, 6.45) is 0.224. The van der Waals surface area contributed by atoms with E-state index in [1.807, 2.05) is 0 Å². The number of nitrogens with two attached hydrogens (primary N) is 1. The quantitative estimate of drug-likeness (QED) is 0.598. The highest BCUT2D eigenvalue weighted by Gasteiger charge is 2.44. The summed E-state index contributed by atoms with van der Waals surface area (Å²) in [7, 11) is 0. The third-order valence-electron chi connectivity index (χ3n) is 5.21. The van der Waals surface area contributed by atoms with Gasteiger partial charge in [-0.25, -0.2) is 19.2 Å². The summed E-state index contributed by atoms with van der Waals surface area (Å²) >= 11 is 0. The SMILES string of the molecule is CC1C(=O)N(c2cc(Cc3n[nH]c(=O)c4ccccc34)ccc2F)C(=O)N1CC(N)=O. The molecule has 4 rings (SSSR count). The van der Waals surface area contributed by atoms with E-state index in [4.69, 9.17) is 5.73 Å². The van der Waals surface area contributed by atoms with Gasteiger partial charge < -0.3 is 10.6 Å². The van der Waals surface area contributed by atoms with Crippen LogP contribution in [0.1, 0.15) is 18.2 Å². The molecule has 1 aliphatic heterocycles. The summed E-state index contributed by atoms with van der Waals surface area (Å²) in [6.45, 7) is 0.998. The van der Waals surface area contributed by atoms with E-state index >= 15 is 0 Å². The molecule has 0 radical (unpaired) electrons. The van der Waals surface area contributed by atoms with Crippen molar-refractivity contribution in [2.45, 2.75) is 19.4 Å². The minimum Gasteiger partial charge on any atom is -0.368 e. The molecule has 158 valence electrons. The van der Waals surface area contributed by atoms with Gasteiger partial charge in [0.1, 0.15) is 18.4 Å². The molecule has 1 unspecified atom stereocenters. The number of H-pyrrole nitrogens is 1. The average Bonchev–Trinajstić information content (AvgIpc) is 2.94. The average molecular weight is 423 g/mol. The van der Waals surface area contributed by atoms with E-state index in [9.17, 15) is 23.6 Å². The van der Waals surface area contributed by atoms with Gasteiger partial charge in [-0.1, -0.05) is 24.3 Å². The minimum absolute atomic E-state index is 0.222. The van der Waals surface area contributed by atoms with E-state index in [0.717, 1.165) is 11.0 Å². The number of fused-ring (bicyclic) bond motifs is 1. The molecule has 3 aromatic rings. The standard InChI is InChI=1S/C21H18FN5O4/c1-11-20(30)27(21(31)26(11)10-18(23)28)17-9-12(6-7-15(17)22)8-16-13-4-2-3-5-14(13)19(29)25-24-16/h2-7,9,11H,8,10H2,1H3,(H2,23,28)(H,25,29). The molecule has 1 aliphatic rings. The first-order valence-corrected chi connectivity index (χ1v) is 9.45. The number of hydrogen-bond donors (Lipinski definition) is 2. The van der Waals surface area contributed by atoms with Crippen molar-refractivity contribution < 1.29 is 18.8 Å². The highest BCUT2D eigenvalue weighted by atomic mass is 19.1. The summed E-state index contributed by atoms with van der Waals surface area (Å²) in [5.41, 5.74) is 5.73. The van der Waals surface area contributed by atoms with Crippen LogP contribution < -0.4 is 16.2 Å². The Kier molecular flexibility index (Phi) is 4.97. The highest BCUT2D eigenvalue weighted by Crippen LogP contribution is 2.29. The zero-order valence-electron chi connectivity index (χ0n) is 16.5. The van der Waals surface area contributed by atoms with Crippen molar-refractivity contribution in [3.05, 3.63) is 69.9 Å². The molecule has 2 aromatic carbocycles. The Morgan fingerprint density at radius 2 is 1.87 bits per heavy atom. The molecule has 0 bridgehead atoms. The Morgan fingerprint density at radius 1 is 1.16 bits per heavy atom. The van der Waals surface area contributed by atoms with Gasteiger partial charge in [0, 0.05) is 11.8 Å². The van der Waals surface area contributed by atoms with Gasteiger partial charge >= 0.3 is 6.03 Å². The Bertz CT molecular complexity index is 1290. The number of carbonyl (C=O) groups excluding carboxylic acids is 3. The predicted octanol–water partition coefficient (Wildman–Crippen LogP) is 1.30. The molecule has 10 heteroatoms. The molecule has 0 aliphatic carbocycles. The van der Waals surface area contributed by atoms with Gasteiger partial charge in [0.05, 0.1) is 16.8 Å². The minimum atomic E-state index is -0.951. The third-order valence-corrected chi connectivity index (χ3v) is 5.21. The number of benzene rings is 2. The van der Waals surface area contributed by atoms with Crippen LogP contribution in [0.4, 0.5) is 14.9 Å². The highest BCUT2D eigenvalue weighted by molar-refractivity contribution is 6.21.